The van der Waals surface area contributed by atoms with Gasteiger partial charge in [-0.15, -0.1) is 0 Å². The van der Waals surface area contributed by atoms with Crippen LogP contribution >= 0.6 is 0 Å². The summed E-state index contributed by atoms with van der Waals surface area (Å²) in [6.07, 6.45) is -0.327. The zero-order valence-corrected chi connectivity index (χ0v) is 9.16. The quantitative estimate of drug-likeness (QED) is 0.726. The van der Waals surface area contributed by atoms with Crippen LogP contribution in [0.1, 0.15) is 20.3 Å². The summed E-state index contributed by atoms with van der Waals surface area (Å²) in [6.45, 7) is 3.84. The van der Waals surface area contributed by atoms with Crippen molar-refractivity contribution < 1.29 is 14.3 Å². The number of nitrogens with one attached hydrogen (secondary N) is 1. The molecule has 0 unspecified atom stereocenters. The van der Waals surface area contributed by atoms with Crippen LogP contribution in [0.15, 0.2) is 0 Å². The molecule has 5 nitrogen and oxygen atoms in total. The third kappa shape index (κ3) is 6.28. The zero-order chi connectivity index (χ0) is 11.1. The van der Waals surface area contributed by atoms with Gasteiger partial charge in [0, 0.05) is 27.1 Å². The van der Waals surface area contributed by atoms with E-state index in [9.17, 15) is 9.59 Å². The molecule has 0 fully saturated rings. The van der Waals surface area contributed by atoms with E-state index in [2.05, 4.69) is 5.32 Å². The molecule has 0 bridgehead atoms. The largest absolute Gasteiger partial charge is 0.447 e. The van der Waals surface area contributed by atoms with Gasteiger partial charge in [0.25, 0.3) is 0 Å². The van der Waals surface area contributed by atoms with Crippen molar-refractivity contribution in [3.63, 3.8) is 0 Å². The second kappa shape index (κ2) is 6.23. The molecule has 0 heterocycles. The van der Waals surface area contributed by atoms with Crippen molar-refractivity contribution in [2.45, 2.75) is 26.4 Å². The molecule has 0 aliphatic heterocycles. The van der Waals surface area contributed by atoms with Gasteiger partial charge in [-0.25, -0.2) is 4.79 Å². The van der Waals surface area contributed by atoms with Crippen molar-refractivity contribution in [3.8, 4) is 0 Å². The standard InChI is InChI=1S/C9H18N2O3/c1-7(2)14-9(13)10-6-5-8(12)11(3)4/h7H,5-6H2,1-4H3,(H,10,13). The Bertz CT molecular complexity index is 202. The third-order valence-electron chi connectivity index (χ3n) is 1.45. The molecule has 5 heteroatoms. The first-order valence-electron chi connectivity index (χ1n) is 4.58. The molecule has 0 aromatic rings. The molecule has 82 valence electrons. The molecular formula is C9H18N2O3. The molecule has 2 amide bonds. The van der Waals surface area contributed by atoms with Gasteiger partial charge in [-0.05, 0) is 13.8 Å². The fourth-order valence-corrected chi connectivity index (χ4v) is 0.751. The van der Waals surface area contributed by atoms with Crippen LogP contribution in [0.3, 0.4) is 0 Å². The molecule has 0 saturated carbocycles. The number of rotatable bonds is 4. The van der Waals surface area contributed by atoms with Crippen molar-refractivity contribution in [2.24, 2.45) is 0 Å². The van der Waals surface area contributed by atoms with E-state index in [1.54, 1.807) is 27.9 Å². The number of hydrogen-bond acceptors (Lipinski definition) is 3. The molecule has 0 spiro atoms. The monoisotopic (exact) mass is 202 g/mol. The van der Waals surface area contributed by atoms with Gasteiger partial charge in [-0.1, -0.05) is 0 Å². The van der Waals surface area contributed by atoms with E-state index >= 15 is 0 Å². The topological polar surface area (TPSA) is 58.6 Å². The molecule has 0 aromatic carbocycles. The van der Waals surface area contributed by atoms with E-state index in [4.69, 9.17) is 4.74 Å². The maximum Gasteiger partial charge on any atom is 0.407 e. The summed E-state index contributed by atoms with van der Waals surface area (Å²) in [4.78, 5) is 23.5. The Morgan fingerprint density at radius 2 is 1.93 bits per heavy atom. The minimum Gasteiger partial charge on any atom is -0.447 e. The van der Waals surface area contributed by atoms with Crippen LogP contribution < -0.4 is 5.32 Å². The Hall–Kier alpha value is -1.26. The number of carbonyl (C=O) groups is 2. The molecule has 0 rings (SSSR count). The van der Waals surface area contributed by atoms with E-state index in [0.717, 1.165) is 0 Å². The lowest BCUT2D eigenvalue weighted by Crippen LogP contribution is -2.31. The zero-order valence-electron chi connectivity index (χ0n) is 9.16. The maximum atomic E-state index is 11.1. The van der Waals surface area contributed by atoms with Gasteiger partial charge in [-0.2, -0.15) is 0 Å². The molecule has 14 heavy (non-hydrogen) atoms. The van der Waals surface area contributed by atoms with E-state index in [1.165, 1.54) is 4.90 Å². The first kappa shape index (κ1) is 12.7. The number of amides is 2. The predicted molar refractivity (Wildman–Crippen MR) is 52.9 cm³/mol. The molecule has 0 aromatic heterocycles. The van der Waals surface area contributed by atoms with E-state index in [0.29, 0.717) is 13.0 Å². The number of nitrogens with zero attached hydrogens (tertiary/aromatic N) is 1. The van der Waals surface area contributed by atoms with Gasteiger partial charge in [0.1, 0.15) is 0 Å². The minimum absolute atomic E-state index is 0.0187. The highest BCUT2D eigenvalue weighted by Crippen LogP contribution is 1.89. The van der Waals surface area contributed by atoms with Gasteiger partial charge in [0.15, 0.2) is 0 Å². The normalized spacial score (nSPS) is 9.79. The first-order valence-corrected chi connectivity index (χ1v) is 4.58. The Morgan fingerprint density at radius 1 is 1.36 bits per heavy atom. The number of alkyl carbamates (subject to hydrolysis) is 1. The Labute approximate surface area is 84.4 Å². The van der Waals surface area contributed by atoms with Crippen LogP contribution in [0.4, 0.5) is 4.79 Å². The van der Waals surface area contributed by atoms with Crippen LogP contribution in [-0.2, 0) is 9.53 Å². The average molecular weight is 202 g/mol. The highest BCUT2D eigenvalue weighted by molar-refractivity contribution is 5.76. The molecule has 0 saturated heterocycles. The first-order chi connectivity index (χ1) is 6.43. The van der Waals surface area contributed by atoms with Crippen molar-refractivity contribution in [1.29, 1.82) is 0 Å². The summed E-state index contributed by atoms with van der Waals surface area (Å²) in [5.74, 6) is -0.0187. The lowest BCUT2D eigenvalue weighted by molar-refractivity contribution is -0.128. The fraction of sp³-hybridized carbons (Fsp3) is 0.778. The van der Waals surface area contributed by atoms with E-state index < -0.39 is 6.09 Å². The van der Waals surface area contributed by atoms with Crippen LogP contribution in [0.2, 0.25) is 0 Å². The van der Waals surface area contributed by atoms with Gasteiger partial charge >= 0.3 is 6.09 Å². The summed E-state index contributed by atoms with van der Waals surface area (Å²) in [5.41, 5.74) is 0. The molecule has 0 radical (unpaired) electrons. The van der Waals surface area contributed by atoms with Crippen molar-refractivity contribution in [1.82, 2.24) is 10.2 Å². The molecule has 0 aliphatic carbocycles. The fourth-order valence-electron chi connectivity index (χ4n) is 0.751. The third-order valence-corrected chi connectivity index (χ3v) is 1.45. The van der Waals surface area contributed by atoms with Crippen molar-refractivity contribution >= 4 is 12.0 Å². The van der Waals surface area contributed by atoms with Crippen LogP contribution in [0.25, 0.3) is 0 Å². The minimum atomic E-state index is -0.480. The summed E-state index contributed by atoms with van der Waals surface area (Å²) >= 11 is 0. The molecule has 0 aliphatic rings. The second-order valence-electron chi connectivity index (χ2n) is 3.42. The second-order valence-corrected chi connectivity index (χ2v) is 3.42. The van der Waals surface area contributed by atoms with Gasteiger partial charge < -0.3 is 15.0 Å². The van der Waals surface area contributed by atoms with E-state index in [-0.39, 0.29) is 12.0 Å². The number of ether oxygens (including phenoxy) is 1. The van der Waals surface area contributed by atoms with E-state index in [1.807, 2.05) is 0 Å². The van der Waals surface area contributed by atoms with Crippen molar-refractivity contribution in [3.05, 3.63) is 0 Å². The predicted octanol–water partition coefficient (Wildman–Crippen LogP) is 0.599. The molecule has 0 atom stereocenters. The van der Waals surface area contributed by atoms with Crippen LogP contribution in [0.5, 0.6) is 0 Å². The number of hydrogen-bond donors (Lipinski definition) is 1. The Morgan fingerprint density at radius 3 is 2.36 bits per heavy atom. The summed E-state index contributed by atoms with van der Waals surface area (Å²) in [7, 11) is 3.35. The Kier molecular flexibility index (Phi) is 5.67. The SMILES string of the molecule is CC(C)OC(=O)NCCC(=O)N(C)C. The average Bonchev–Trinajstić information content (AvgIpc) is 2.02. The lowest BCUT2D eigenvalue weighted by Gasteiger charge is -2.11. The molecular weight excluding hydrogens is 184 g/mol. The smallest absolute Gasteiger partial charge is 0.407 e. The molecule has 1 N–H and O–H groups in total. The van der Waals surface area contributed by atoms with Crippen LogP contribution in [0, 0.1) is 0 Å². The van der Waals surface area contributed by atoms with Gasteiger partial charge in [0.05, 0.1) is 6.10 Å². The lowest BCUT2D eigenvalue weighted by atomic mass is 10.4. The maximum absolute atomic E-state index is 11.1. The Balaban J connectivity index is 3.54. The number of carbonyl (C=O) groups excluding carboxylic acids is 2. The van der Waals surface area contributed by atoms with Crippen LogP contribution in [-0.4, -0.2) is 43.6 Å². The summed E-state index contributed by atoms with van der Waals surface area (Å²) in [6, 6.07) is 0. The highest BCUT2D eigenvalue weighted by atomic mass is 16.6. The van der Waals surface area contributed by atoms with Gasteiger partial charge in [-0.3, -0.25) is 4.79 Å². The van der Waals surface area contributed by atoms with Gasteiger partial charge in [0.2, 0.25) is 5.91 Å². The highest BCUT2D eigenvalue weighted by Gasteiger charge is 2.06. The summed E-state index contributed by atoms with van der Waals surface area (Å²) < 4.78 is 4.82. The van der Waals surface area contributed by atoms with Crippen molar-refractivity contribution in [2.75, 3.05) is 20.6 Å². The summed E-state index contributed by atoms with van der Waals surface area (Å²) in [5, 5.41) is 2.49.